The van der Waals surface area contributed by atoms with Gasteiger partial charge in [0, 0.05) is 26.0 Å². The average Bonchev–Trinajstić information content (AvgIpc) is 2.29. The molecular formula is C13H15N3O. The van der Waals surface area contributed by atoms with Crippen LogP contribution in [-0.2, 0) is 11.3 Å². The summed E-state index contributed by atoms with van der Waals surface area (Å²) in [4.78, 5) is 17.8. The first-order valence-electron chi connectivity index (χ1n) is 5.74. The molecular weight excluding hydrogens is 214 g/mol. The van der Waals surface area contributed by atoms with Gasteiger partial charge in [-0.25, -0.2) is 0 Å². The van der Waals surface area contributed by atoms with Crippen molar-refractivity contribution in [3.8, 4) is 6.07 Å². The van der Waals surface area contributed by atoms with Gasteiger partial charge in [-0.3, -0.25) is 9.78 Å². The number of carbonyl (C=O) groups excluding carboxylic acids is 1. The molecule has 0 saturated heterocycles. The lowest BCUT2D eigenvalue weighted by atomic mass is 9.69. The second kappa shape index (κ2) is 4.54. The van der Waals surface area contributed by atoms with E-state index in [0.29, 0.717) is 19.4 Å². The fourth-order valence-corrected chi connectivity index (χ4v) is 2.11. The van der Waals surface area contributed by atoms with E-state index in [1.165, 1.54) is 0 Å². The number of nitrogens with zero attached hydrogens (tertiary/aromatic N) is 3. The molecule has 2 rings (SSSR count). The zero-order chi connectivity index (χ0) is 12.3. The molecule has 0 N–H and O–H groups in total. The Morgan fingerprint density at radius 3 is 2.88 bits per heavy atom. The van der Waals surface area contributed by atoms with Gasteiger partial charge in [0.15, 0.2) is 0 Å². The van der Waals surface area contributed by atoms with Crippen molar-refractivity contribution in [3.05, 3.63) is 30.1 Å². The maximum Gasteiger partial charge on any atom is 0.243 e. The number of hydrogen-bond donors (Lipinski definition) is 0. The number of hydrogen-bond acceptors (Lipinski definition) is 3. The number of amides is 1. The number of rotatable bonds is 3. The van der Waals surface area contributed by atoms with Crippen LogP contribution >= 0.6 is 0 Å². The summed E-state index contributed by atoms with van der Waals surface area (Å²) in [7, 11) is 1.74. The fourth-order valence-electron chi connectivity index (χ4n) is 2.11. The van der Waals surface area contributed by atoms with Crippen LogP contribution in [0.4, 0.5) is 0 Å². The quantitative estimate of drug-likeness (QED) is 0.793. The summed E-state index contributed by atoms with van der Waals surface area (Å²) in [6, 6.07) is 5.95. The molecule has 17 heavy (non-hydrogen) atoms. The van der Waals surface area contributed by atoms with Gasteiger partial charge in [-0.05, 0) is 30.9 Å². The van der Waals surface area contributed by atoms with Crippen LogP contribution in [0, 0.1) is 16.7 Å². The second-order valence-electron chi connectivity index (χ2n) is 4.57. The third-order valence-electron chi connectivity index (χ3n) is 3.32. The molecule has 1 fully saturated rings. The Balaban J connectivity index is 2.04. The normalized spacial score (nSPS) is 16.7. The van der Waals surface area contributed by atoms with Crippen molar-refractivity contribution >= 4 is 5.91 Å². The van der Waals surface area contributed by atoms with E-state index in [4.69, 9.17) is 5.26 Å². The molecule has 1 aromatic heterocycles. The first kappa shape index (κ1) is 11.6. The van der Waals surface area contributed by atoms with Crippen molar-refractivity contribution in [2.24, 2.45) is 5.41 Å². The lowest BCUT2D eigenvalue weighted by molar-refractivity contribution is -0.142. The maximum absolute atomic E-state index is 12.2. The van der Waals surface area contributed by atoms with E-state index in [1.807, 2.05) is 12.1 Å². The first-order valence-corrected chi connectivity index (χ1v) is 5.74. The van der Waals surface area contributed by atoms with Gasteiger partial charge in [-0.1, -0.05) is 6.07 Å². The zero-order valence-electron chi connectivity index (χ0n) is 9.89. The largest absolute Gasteiger partial charge is 0.340 e. The lowest BCUT2D eigenvalue weighted by Gasteiger charge is -2.36. The number of nitriles is 1. The van der Waals surface area contributed by atoms with Crippen molar-refractivity contribution in [1.82, 2.24) is 9.88 Å². The minimum absolute atomic E-state index is 0.0601. The Labute approximate surface area is 101 Å². The first-order chi connectivity index (χ1) is 8.18. The van der Waals surface area contributed by atoms with E-state index in [0.717, 1.165) is 12.0 Å². The summed E-state index contributed by atoms with van der Waals surface area (Å²) < 4.78 is 0. The summed E-state index contributed by atoms with van der Waals surface area (Å²) >= 11 is 0. The predicted octanol–water partition coefficient (Wildman–Crippen LogP) is 1.73. The molecule has 0 atom stereocenters. The molecule has 0 spiro atoms. The maximum atomic E-state index is 12.2. The molecule has 4 heteroatoms. The highest BCUT2D eigenvalue weighted by molar-refractivity contribution is 5.86. The van der Waals surface area contributed by atoms with Gasteiger partial charge >= 0.3 is 0 Å². The number of carbonyl (C=O) groups is 1. The molecule has 0 radical (unpaired) electrons. The van der Waals surface area contributed by atoms with Gasteiger partial charge in [-0.2, -0.15) is 5.26 Å². The molecule has 1 aromatic rings. The smallest absolute Gasteiger partial charge is 0.243 e. The van der Waals surface area contributed by atoms with Crippen LogP contribution in [0.15, 0.2) is 24.5 Å². The highest BCUT2D eigenvalue weighted by Crippen LogP contribution is 2.41. The SMILES string of the molecule is CN(Cc1cccnc1)C(=O)C1(C#N)CCC1. The van der Waals surface area contributed by atoms with Crippen LogP contribution in [0.5, 0.6) is 0 Å². The Bertz CT molecular complexity index is 445. The summed E-state index contributed by atoms with van der Waals surface area (Å²) in [6.45, 7) is 0.510. The second-order valence-corrected chi connectivity index (χ2v) is 4.57. The van der Waals surface area contributed by atoms with Crippen LogP contribution in [0.1, 0.15) is 24.8 Å². The average molecular weight is 229 g/mol. The summed E-state index contributed by atoms with van der Waals surface area (Å²) in [5.74, 6) is -0.0601. The fraction of sp³-hybridized carbons (Fsp3) is 0.462. The Kier molecular flexibility index (Phi) is 3.10. The molecule has 4 nitrogen and oxygen atoms in total. The molecule has 1 saturated carbocycles. The van der Waals surface area contributed by atoms with Crippen LogP contribution in [0.2, 0.25) is 0 Å². The topological polar surface area (TPSA) is 57.0 Å². The highest BCUT2D eigenvalue weighted by Gasteiger charge is 2.46. The predicted molar refractivity (Wildman–Crippen MR) is 62.6 cm³/mol. The van der Waals surface area contributed by atoms with E-state index in [1.54, 1.807) is 24.3 Å². The molecule has 0 aromatic carbocycles. The van der Waals surface area contributed by atoms with Gasteiger partial charge in [0.2, 0.25) is 5.91 Å². The van der Waals surface area contributed by atoms with Crippen molar-refractivity contribution in [2.45, 2.75) is 25.8 Å². The Hall–Kier alpha value is -1.89. The summed E-state index contributed by atoms with van der Waals surface area (Å²) in [6.07, 6.45) is 5.80. The monoisotopic (exact) mass is 229 g/mol. The van der Waals surface area contributed by atoms with Gasteiger partial charge in [0.25, 0.3) is 0 Å². The third kappa shape index (κ3) is 2.14. The molecule has 88 valence electrons. The van der Waals surface area contributed by atoms with E-state index < -0.39 is 5.41 Å². The number of aromatic nitrogens is 1. The van der Waals surface area contributed by atoms with Crippen molar-refractivity contribution in [1.29, 1.82) is 5.26 Å². The zero-order valence-corrected chi connectivity index (χ0v) is 9.89. The van der Waals surface area contributed by atoms with Crippen LogP contribution in [0.3, 0.4) is 0 Å². The van der Waals surface area contributed by atoms with Gasteiger partial charge < -0.3 is 4.90 Å². The molecule has 1 amide bonds. The molecule has 1 aliphatic rings. The van der Waals surface area contributed by atoms with Crippen molar-refractivity contribution in [2.75, 3.05) is 7.05 Å². The van der Waals surface area contributed by atoms with Crippen LogP contribution in [0.25, 0.3) is 0 Å². The van der Waals surface area contributed by atoms with Gasteiger partial charge in [0.05, 0.1) is 6.07 Å². The lowest BCUT2D eigenvalue weighted by Crippen LogP contribution is -2.45. The molecule has 0 unspecified atom stereocenters. The number of pyridine rings is 1. The standard InChI is InChI=1S/C13H15N3O/c1-16(9-11-4-2-7-15-8-11)12(17)13(10-14)5-3-6-13/h2,4,7-8H,3,5-6,9H2,1H3. The molecule has 1 heterocycles. The molecule has 1 aliphatic carbocycles. The van der Waals surface area contributed by atoms with Crippen LogP contribution in [-0.4, -0.2) is 22.8 Å². The Morgan fingerprint density at radius 1 is 1.65 bits per heavy atom. The summed E-state index contributed by atoms with van der Waals surface area (Å²) in [5.41, 5.74) is 0.229. The third-order valence-corrected chi connectivity index (χ3v) is 3.32. The van der Waals surface area contributed by atoms with Crippen molar-refractivity contribution < 1.29 is 4.79 Å². The minimum Gasteiger partial charge on any atom is -0.340 e. The van der Waals surface area contributed by atoms with Gasteiger partial charge in [0.1, 0.15) is 5.41 Å². The van der Waals surface area contributed by atoms with E-state index in [2.05, 4.69) is 11.1 Å². The van der Waals surface area contributed by atoms with Crippen LogP contribution < -0.4 is 0 Å². The highest BCUT2D eigenvalue weighted by atomic mass is 16.2. The van der Waals surface area contributed by atoms with E-state index >= 15 is 0 Å². The Morgan fingerprint density at radius 2 is 2.41 bits per heavy atom. The van der Waals surface area contributed by atoms with E-state index in [-0.39, 0.29) is 5.91 Å². The minimum atomic E-state index is -0.753. The van der Waals surface area contributed by atoms with E-state index in [9.17, 15) is 4.79 Å². The summed E-state index contributed by atoms with van der Waals surface area (Å²) in [5, 5.41) is 9.11. The van der Waals surface area contributed by atoms with Gasteiger partial charge in [-0.15, -0.1) is 0 Å². The molecule has 0 bridgehead atoms. The van der Waals surface area contributed by atoms with Crippen molar-refractivity contribution in [3.63, 3.8) is 0 Å². The molecule has 0 aliphatic heterocycles.